The first-order valence-electron chi connectivity index (χ1n) is 10.1. The van der Waals surface area contributed by atoms with Crippen LogP contribution in [0.3, 0.4) is 0 Å². The van der Waals surface area contributed by atoms with Gasteiger partial charge in [-0.15, -0.1) is 0 Å². The Morgan fingerprint density at radius 2 is 1.58 bits per heavy atom. The van der Waals surface area contributed by atoms with Gasteiger partial charge in [0.1, 0.15) is 5.82 Å². The molecule has 0 bridgehead atoms. The van der Waals surface area contributed by atoms with Crippen LogP contribution in [0.4, 0.5) is 0 Å². The maximum absolute atomic E-state index is 12.2. The summed E-state index contributed by atoms with van der Waals surface area (Å²) in [4.78, 5) is 5.28. The van der Waals surface area contributed by atoms with Crippen molar-refractivity contribution in [1.29, 1.82) is 0 Å². The third-order valence-corrected chi connectivity index (χ3v) is 7.43. The van der Waals surface area contributed by atoms with Crippen molar-refractivity contribution in [3.63, 3.8) is 0 Å². The molecule has 0 saturated heterocycles. The second kappa shape index (κ2) is 8.69. The highest BCUT2D eigenvalue weighted by molar-refractivity contribution is 7.91. The van der Waals surface area contributed by atoms with Crippen LogP contribution in [0.1, 0.15) is 31.0 Å². The highest BCUT2D eigenvalue weighted by atomic mass is 35.5. The van der Waals surface area contributed by atoms with Crippen molar-refractivity contribution in [1.82, 2.24) is 9.55 Å². The fourth-order valence-electron chi connectivity index (χ4n) is 3.50. The maximum Gasteiger partial charge on any atom is 0.178 e. The highest BCUT2D eigenvalue weighted by Gasteiger charge is 2.18. The Morgan fingerprint density at radius 1 is 0.935 bits per heavy atom. The SMILES string of the molecule is CCS(=O)(=O)c1ccc(-n2cc(C(C)c3ccccc3)nc2-c2ccc(Cl)cc2)cc1. The van der Waals surface area contributed by atoms with Crippen molar-refractivity contribution in [2.75, 3.05) is 5.75 Å². The number of aromatic nitrogens is 2. The first kappa shape index (κ1) is 21.3. The Labute approximate surface area is 188 Å². The van der Waals surface area contributed by atoms with E-state index in [1.807, 2.05) is 65.4 Å². The molecule has 3 aromatic carbocycles. The lowest BCUT2D eigenvalue weighted by molar-refractivity contribution is 0.597. The Hall–Kier alpha value is -2.89. The summed E-state index contributed by atoms with van der Waals surface area (Å²) in [7, 11) is -3.25. The van der Waals surface area contributed by atoms with Gasteiger partial charge in [0.25, 0.3) is 0 Å². The molecule has 0 amide bonds. The predicted octanol–water partition coefficient (Wildman–Crippen LogP) is 6.14. The monoisotopic (exact) mass is 450 g/mol. The number of hydrogen-bond donors (Lipinski definition) is 0. The average molecular weight is 451 g/mol. The van der Waals surface area contributed by atoms with Crippen molar-refractivity contribution in [3.8, 4) is 17.1 Å². The predicted molar refractivity (Wildman–Crippen MR) is 126 cm³/mol. The molecule has 31 heavy (non-hydrogen) atoms. The number of sulfone groups is 1. The summed E-state index contributed by atoms with van der Waals surface area (Å²) in [6.07, 6.45) is 2.02. The molecular formula is C25H23ClN2O2S. The zero-order valence-corrected chi connectivity index (χ0v) is 18.9. The number of halogens is 1. The molecule has 0 aliphatic rings. The molecule has 4 aromatic rings. The third kappa shape index (κ3) is 4.43. The van der Waals surface area contributed by atoms with Gasteiger partial charge in [0, 0.05) is 28.4 Å². The van der Waals surface area contributed by atoms with Crippen LogP contribution in [0.25, 0.3) is 17.1 Å². The molecule has 0 spiro atoms. The standard InChI is InChI=1S/C25H23ClN2O2S/c1-3-31(29,30)23-15-13-22(14-16-23)28-17-24(18(2)19-7-5-4-6-8-19)27-25(28)20-9-11-21(26)12-10-20/h4-18H,3H2,1-2H3. The molecule has 1 heterocycles. The van der Waals surface area contributed by atoms with E-state index < -0.39 is 9.84 Å². The van der Waals surface area contributed by atoms with Gasteiger partial charge in [0.15, 0.2) is 9.84 Å². The first-order valence-corrected chi connectivity index (χ1v) is 12.2. The van der Waals surface area contributed by atoms with Crippen LogP contribution >= 0.6 is 11.6 Å². The quantitative estimate of drug-likeness (QED) is 0.354. The fraction of sp³-hybridized carbons (Fsp3) is 0.160. The molecule has 1 aromatic heterocycles. The number of rotatable bonds is 6. The Bertz CT molecular complexity index is 1280. The smallest absolute Gasteiger partial charge is 0.178 e. The molecule has 0 aliphatic heterocycles. The number of nitrogens with zero attached hydrogens (tertiary/aromatic N) is 2. The van der Waals surface area contributed by atoms with E-state index >= 15 is 0 Å². The van der Waals surface area contributed by atoms with Crippen LogP contribution in [0.2, 0.25) is 5.02 Å². The van der Waals surface area contributed by atoms with Crippen LogP contribution in [0, 0.1) is 0 Å². The lowest BCUT2D eigenvalue weighted by Crippen LogP contribution is -2.04. The van der Waals surface area contributed by atoms with Crippen LogP contribution in [0.5, 0.6) is 0 Å². The zero-order valence-electron chi connectivity index (χ0n) is 17.4. The normalized spacial score (nSPS) is 12.6. The summed E-state index contributed by atoms with van der Waals surface area (Å²) >= 11 is 6.08. The van der Waals surface area contributed by atoms with E-state index in [1.54, 1.807) is 19.1 Å². The second-order valence-electron chi connectivity index (χ2n) is 7.40. The maximum atomic E-state index is 12.2. The van der Waals surface area contributed by atoms with E-state index in [-0.39, 0.29) is 11.7 Å². The average Bonchev–Trinajstić information content (AvgIpc) is 3.25. The summed E-state index contributed by atoms with van der Waals surface area (Å²) in [6, 6.07) is 24.7. The number of hydrogen-bond acceptors (Lipinski definition) is 3. The van der Waals surface area contributed by atoms with Gasteiger partial charge in [0.05, 0.1) is 16.3 Å². The summed E-state index contributed by atoms with van der Waals surface area (Å²) in [6.45, 7) is 3.78. The molecule has 0 radical (unpaired) electrons. The lowest BCUT2D eigenvalue weighted by Gasteiger charge is -2.09. The number of benzene rings is 3. The Kier molecular flexibility index (Phi) is 5.99. The first-order chi connectivity index (χ1) is 14.9. The molecule has 4 nitrogen and oxygen atoms in total. The molecule has 4 rings (SSSR count). The van der Waals surface area contributed by atoms with Crippen molar-refractivity contribution < 1.29 is 8.42 Å². The van der Waals surface area contributed by atoms with E-state index in [1.165, 1.54) is 5.56 Å². The molecule has 0 fully saturated rings. The summed E-state index contributed by atoms with van der Waals surface area (Å²) in [5.74, 6) is 0.959. The molecule has 1 atom stereocenters. The molecule has 158 valence electrons. The summed E-state index contributed by atoms with van der Waals surface area (Å²) in [5.41, 5.74) is 3.89. The minimum atomic E-state index is -3.25. The van der Waals surface area contributed by atoms with Crippen molar-refractivity contribution in [2.24, 2.45) is 0 Å². The minimum absolute atomic E-state index is 0.0756. The molecular weight excluding hydrogens is 428 g/mol. The molecule has 6 heteroatoms. The van der Waals surface area contributed by atoms with Crippen LogP contribution < -0.4 is 0 Å². The van der Waals surface area contributed by atoms with Crippen LogP contribution in [-0.4, -0.2) is 23.7 Å². The van der Waals surface area contributed by atoms with Gasteiger partial charge in [-0.1, -0.05) is 55.8 Å². The van der Waals surface area contributed by atoms with Gasteiger partial charge in [0.2, 0.25) is 0 Å². The third-order valence-electron chi connectivity index (χ3n) is 5.42. The van der Waals surface area contributed by atoms with E-state index in [0.29, 0.717) is 9.92 Å². The molecule has 0 aliphatic carbocycles. The number of imidazole rings is 1. The zero-order chi connectivity index (χ0) is 22.0. The van der Waals surface area contributed by atoms with Gasteiger partial charge in [-0.25, -0.2) is 13.4 Å². The molecule has 1 unspecified atom stereocenters. The second-order valence-corrected chi connectivity index (χ2v) is 10.1. The van der Waals surface area contributed by atoms with E-state index in [9.17, 15) is 8.42 Å². The minimum Gasteiger partial charge on any atom is -0.299 e. The largest absolute Gasteiger partial charge is 0.299 e. The Morgan fingerprint density at radius 3 is 2.19 bits per heavy atom. The van der Waals surface area contributed by atoms with Crippen molar-refractivity contribution >= 4 is 21.4 Å². The molecule has 0 N–H and O–H groups in total. The fourth-order valence-corrected chi connectivity index (χ4v) is 4.51. The van der Waals surface area contributed by atoms with Gasteiger partial charge in [-0.05, 0) is 54.1 Å². The highest BCUT2D eigenvalue weighted by Crippen LogP contribution is 2.30. The van der Waals surface area contributed by atoms with E-state index in [4.69, 9.17) is 16.6 Å². The van der Waals surface area contributed by atoms with E-state index in [2.05, 4.69) is 19.1 Å². The van der Waals surface area contributed by atoms with Crippen LogP contribution in [-0.2, 0) is 9.84 Å². The van der Waals surface area contributed by atoms with Gasteiger partial charge in [-0.2, -0.15) is 0 Å². The van der Waals surface area contributed by atoms with Gasteiger partial charge >= 0.3 is 0 Å². The van der Waals surface area contributed by atoms with E-state index in [0.717, 1.165) is 22.8 Å². The Balaban J connectivity index is 1.82. The molecule has 0 saturated carbocycles. The summed E-state index contributed by atoms with van der Waals surface area (Å²) < 4.78 is 26.4. The van der Waals surface area contributed by atoms with Gasteiger partial charge in [-0.3, -0.25) is 4.57 Å². The van der Waals surface area contributed by atoms with Gasteiger partial charge < -0.3 is 0 Å². The summed E-state index contributed by atoms with van der Waals surface area (Å²) in [5, 5.41) is 0.661. The lowest BCUT2D eigenvalue weighted by atomic mass is 9.99. The van der Waals surface area contributed by atoms with Crippen LogP contribution in [0.15, 0.2) is 90.0 Å². The van der Waals surface area contributed by atoms with Crippen molar-refractivity contribution in [3.05, 3.63) is 101 Å². The topological polar surface area (TPSA) is 52.0 Å². The van der Waals surface area contributed by atoms with Crippen molar-refractivity contribution in [2.45, 2.75) is 24.7 Å².